The van der Waals surface area contributed by atoms with Crippen molar-refractivity contribution >= 4 is 23.5 Å². The Labute approximate surface area is 158 Å². The number of aryl methyl sites for hydroxylation is 1. The van der Waals surface area contributed by atoms with Crippen LogP contribution >= 0.6 is 0 Å². The highest BCUT2D eigenvalue weighted by atomic mass is 16.5. The SMILES string of the molecule is COc1ccc(C)cc1NC(=O)CCN1CCN(C)CC1.O=C(O)C(=O)O. The Morgan fingerprint density at radius 1 is 1.11 bits per heavy atom. The van der Waals surface area contributed by atoms with Gasteiger partial charge in [0.2, 0.25) is 5.91 Å². The first kappa shape index (κ1) is 22.4. The van der Waals surface area contributed by atoms with E-state index < -0.39 is 11.9 Å². The van der Waals surface area contributed by atoms with Gasteiger partial charge in [-0.1, -0.05) is 6.07 Å². The monoisotopic (exact) mass is 381 g/mol. The van der Waals surface area contributed by atoms with Crippen molar-refractivity contribution in [3.8, 4) is 5.75 Å². The number of hydrogen-bond donors (Lipinski definition) is 3. The van der Waals surface area contributed by atoms with Crippen LogP contribution in [0.1, 0.15) is 12.0 Å². The van der Waals surface area contributed by atoms with Crippen LogP contribution in [-0.4, -0.2) is 84.7 Å². The quantitative estimate of drug-likeness (QED) is 0.639. The molecule has 0 aliphatic carbocycles. The van der Waals surface area contributed by atoms with Gasteiger partial charge in [0.15, 0.2) is 0 Å². The number of likely N-dealkylation sites (N-methyl/N-ethyl adjacent to an activating group) is 1. The number of hydrogen-bond acceptors (Lipinski definition) is 6. The normalized spacial score (nSPS) is 14.6. The fourth-order valence-electron chi connectivity index (χ4n) is 2.46. The molecule has 0 bridgehead atoms. The molecule has 1 saturated heterocycles. The maximum Gasteiger partial charge on any atom is 0.414 e. The molecule has 0 radical (unpaired) electrons. The van der Waals surface area contributed by atoms with Gasteiger partial charge in [-0.25, -0.2) is 9.59 Å². The second-order valence-electron chi connectivity index (χ2n) is 6.26. The van der Waals surface area contributed by atoms with Gasteiger partial charge in [0.05, 0.1) is 12.8 Å². The van der Waals surface area contributed by atoms with Crippen molar-refractivity contribution in [2.24, 2.45) is 0 Å². The Kier molecular flexibility index (Phi) is 9.24. The number of benzene rings is 1. The lowest BCUT2D eigenvalue weighted by Crippen LogP contribution is -2.45. The number of amides is 1. The van der Waals surface area contributed by atoms with Crippen molar-refractivity contribution in [2.45, 2.75) is 13.3 Å². The number of nitrogens with one attached hydrogen (secondary N) is 1. The predicted octanol–water partition coefficient (Wildman–Crippen LogP) is 0.735. The third-order valence-corrected chi connectivity index (χ3v) is 4.06. The summed E-state index contributed by atoms with van der Waals surface area (Å²) in [6, 6.07) is 5.79. The maximum absolute atomic E-state index is 12.1. The zero-order valence-corrected chi connectivity index (χ0v) is 15.9. The van der Waals surface area contributed by atoms with Crippen molar-refractivity contribution in [3.05, 3.63) is 23.8 Å². The number of carbonyl (C=O) groups is 3. The molecular weight excluding hydrogens is 354 g/mol. The summed E-state index contributed by atoms with van der Waals surface area (Å²) in [5.74, 6) is -2.91. The smallest absolute Gasteiger partial charge is 0.414 e. The van der Waals surface area contributed by atoms with Gasteiger partial charge in [-0.05, 0) is 31.7 Å². The van der Waals surface area contributed by atoms with E-state index in [-0.39, 0.29) is 5.91 Å². The lowest BCUT2D eigenvalue weighted by atomic mass is 10.2. The van der Waals surface area contributed by atoms with Crippen LogP contribution < -0.4 is 10.1 Å². The standard InChI is InChI=1S/C16H25N3O2.C2H2O4/c1-13-4-5-15(21-3)14(12-13)17-16(20)6-7-19-10-8-18(2)9-11-19;3-1(4)2(5)6/h4-5,12H,6-11H2,1-3H3,(H,17,20);(H,3,4)(H,5,6). The van der Waals surface area contributed by atoms with Gasteiger partial charge >= 0.3 is 11.9 Å². The van der Waals surface area contributed by atoms with Crippen molar-refractivity contribution in [2.75, 3.05) is 52.2 Å². The molecule has 0 saturated carbocycles. The van der Waals surface area contributed by atoms with Crippen LogP contribution in [0.4, 0.5) is 5.69 Å². The summed E-state index contributed by atoms with van der Waals surface area (Å²) in [4.78, 5) is 34.9. The average Bonchev–Trinajstić information content (AvgIpc) is 2.62. The zero-order chi connectivity index (χ0) is 20.4. The molecule has 150 valence electrons. The Bertz CT molecular complexity index is 644. The molecule has 3 N–H and O–H groups in total. The highest BCUT2D eigenvalue weighted by Crippen LogP contribution is 2.25. The molecule has 1 amide bonds. The van der Waals surface area contributed by atoms with Crippen LogP contribution in [0.3, 0.4) is 0 Å². The van der Waals surface area contributed by atoms with Gasteiger partial charge in [0, 0.05) is 39.1 Å². The number of anilines is 1. The molecule has 1 aliphatic heterocycles. The minimum absolute atomic E-state index is 0.0397. The van der Waals surface area contributed by atoms with Gasteiger partial charge in [0.25, 0.3) is 0 Å². The Morgan fingerprint density at radius 2 is 1.70 bits per heavy atom. The average molecular weight is 381 g/mol. The topological polar surface area (TPSA) is 119 Å². The van der Waals surface area contributed by atoms with Gasteiger partial charge in [0.1, 0.15) is 5.75 Å². The first-order valence-electron chi connectivity index (χ1n) is 8.54. The summed E-state index contributed by atoms with van der Waals surface area (Å²) >= 11 is 0. The predicted molar refractivity (Wildman–Crippen MR) is 100 cm³/mol. The molecule has 1 fully saturated rings. The molecule has 1 aromatic rings. The number of ether oxygens (including phenoxy) is 1. The summed E-state index contributed by atoms with van der Waals surface area (Å²) in [5, 5.41) is 17.7. The van der Waals surface area contributed by atoms with Crippen LogP contribution in [-0.2, 0) is 14.4 Å². The third kappa shape index (κ3) is 8.52. The number of nitrogens with zero attached hydrogens (tertiary/aromatic N) is 2. The van der Waals surface area contributed by atoms with E-state index in [1.54, 1.807) is 7.11 Å². The van der Waals surface area contributed by atoms with Gasteiger partial charge < -0.3 is 30.1 Å². The van der Waals surface area contributed by atoms with E-state index in [4.69, 9.17) is 24.5 Å². The lowest BCUT2D eigenvalue weighted by Gasteiger charge is -2.32. The van der Waals surface area contributed by atoms with Crippen LogP contribution in [0.15, 0.2) is 18.2 Å². The molecular formula is C18H27N3O6. The number of carbonyl (C=O) groups excluding carboxylic acids is 1. The Hall–Kier alpha value is -2.65. The molecule has 1 aliphatic rings. The number of aliphatic carboxylic acids is 2. The summed E-state index contributed by atoms with van der Waals surface area (Å²) in [6.45, 7) is 7.04. The van der Waals surface area contributed by atoms with E-state index in [9.17, 15) is 4.79 Å². The number of carboxylic acid groups (broad SMARTS) is 2. The number of methoxy groups -OCH3 is 1. The molecule has 2 rings (SSSR count). The fraction of sp³-hybridized carbons (Fsp3) is 0.500. The van der Waals surface area contributed by atoms with Crippen LogP contribution in [0.5, 0.6) is 5.75 Å². The Balaban J connectivity index is 0.000000527. The van der Waals surface area contributed by atoms with E-state index in [0.29, 0.717) is 12.2 Å². The third-order valence-electron chi connectivity index (χ3n) is 4.06. The van der Waals surface area contributed by atoms with E-state index in [1.807, 2.05) is 25.1 Å². The number of rotatable bonds is 5. The van der Waals surface area contributed by atoms with Crippen LogP contribution in [0.25, 0.3) is 0 Å². The lowest BCUT2D eigenvalue weighted by molar-refractivity contribution is -0.159. The van der Waals surface area contributed by atoms with Crippen molar-refractivity contribution in [1.82, 2.24) is 9.80 Å². The first-order valence-corrected chi connectivity index (χ1v) is 8.54. The minimum atomic E-state index is -1.82. The van der Waals surface area contributed by atoms with E-state index >= 15 is 0 Å². The number of piperazine rings is 1. The molecule has 1 heterocycles. The molecule has 1 aromatic carbocycles. The van der Waals surface area contributed by atoms with Gasteiger partial charge in [-0.2, -0.15) is 0 Å². The summed E-state index contributed by atoms with van der Waals surface area (Å²) in [6.07, 6.45) is 0.515. The zero-order valence-electron chi connectivity index (χ0n) is 15.9. The van der Waals surface area contributed by atoms with E-state index in [2.05, 4.69) is 22.2 Å². The van der Waals surface area contributed by atoms with Gasteiger partial charge in [-0.15, -0.1) is 0 Å². The second-order valence-corrected chi connectivity index (χ2v) is 6.26. The molecule has 0 atom stereocenters. The highest BCUT2D eigenvalue weighted by Gasteiger charge is 2.15. The summed E-state index contributed by atoms with van der Waals surface area (Å²) in [5.41, 5.74) is 1.85. The molecule has 9 nitrogen and oxygen atoms in total. The molecule has 9 heteroatoms. The van der Waals surface area contributed by atoms with Gasteiger partial charge in [-0.3, -0.25) is 4.79 Å². The van der Waals surface area contributed by atoms with Crippen LogP contribution in [0.2, 0.25) is 0 Å². The largest absolute Gasteiger partial charge is 0.495 e. The Morgan fingerprint density at radius 3 is 2.22 bits per heavy atom. The fourth-order valence-corrected chi connectivity index (χ4v) is 2.46. The number of carboxylic acids is 2. The van der Waals surface area contributed by atoms with E-state index in [0.717, 1.165) is 44.0 Å². The summed E-state index contributed by atoms with van der Waals surface area (Å²) in [7, 11) is 3.75. The second kappa shape index (κ2) is 11.1. The molecule has 0 spiro atoms. The van der Waals surface area contributed by atoms with E-state index in [1.165, 1.54) is 0 Å². The molecule has 0 aromatic heterocycles. The first-order chi connectivity index (χ1) is 12.7. The minimum Gasteiger partial charge on any atom is -0.495 e. The molecule has 27 heavy (non-hydrogen) atoms. The highest BCUT2D eigenvalue weighted by molar-refractivity contribution is 6.27. The maximum atomic E-state index is 12.1. The summed E-state index contributed by atoms with van der Waals surface area (Å²) < 4.78 is 5.28. The molecule has 0 unspecified atom stereocenters. The van der Waals surface area contributed by atoms with Crippen molar-refractivity contribution in [1.29, 1.82) is 0 Å². The van der Waals surface area contributed by atoms with Crippen LogP contribution in [0, 0.1) is 6.92 Å². The van der Waals surface area contributed by atoms with Crippen molar-refractivity contribution in [3.63, 3.8) is 0 Å². The van der Waals surface area contributed by atoms with Crippen molar-refractivity contribution < 1.29 is 29.3 Å².